The monoisotopic (exact) mass is 247 g/mol. The molecule has 0 amide bonds. The summed E-state index contributed by atoms with van der Waals surface area (Å²) in [7, 11) is 0. The van der Waals surface area contributed by atoms with Crippen LogP contribution in [0, 0.1) is 11.3 Å². The van der Waals surface area contributed by atoms with Crippen molar-refractivity contribution in [1.29, 1.82) is 5.26 Å². The van der Waals surface area contributed by atoms with E-state index in [0.29, 0.717) is 6.54 Å². The molecule has 0 aliphatic carbocycles. The molecule has 1 atom stereocenters. The Morgan fingerprint density at radius 1 is 1.05 bits per heavy atom. The number of fused-ring (bicyclic) bond motifs is 1. The zero-order valence-electron chi connectivity index (χ0n) is 10.4. The molecule has 1 aromatic heterocycles. The number of rotatable bonds is 3. The minimum Gasteiger partial charge on any atom is -0.263 e. The fourth-order valence-electron chi connectivity index (χ4n) is 2.25. The summed E-state index contributed by atoms with van der Waals surface area (Å²) in [5.41, 5.74) is 2.10. The van der Waals surface area contributed by atoms with E-state index in [9.17, 15) is 5.26 Å². The molecule has 0 radical (unpaired) electrons. The Labute approximate surface area is 111 Å². The third-order valence-electron chi connectivity index (χ3n) is 3.26. The largest absolute Gasteiger partial charge is 0.263 e. The predicted molar refractivity (Wildman–Crippen MR) is 74.5 cm³/mol. The molecule has 3 rings (SSSR count). The van der Waals surface area contributed by atoms with Crippen molar-refractivity contribution < 1.29 is 0 Å². The first kappa shape index (κ1) is 11.5. The van der Waals surface area contributed by atoms with Gasteiger partial charge < -0.3 is 0 Å². The fourth-order valence-corrected chi connectivity index (χ4v) is 2.25. The van der Waals surface area contributed by atoms with Gasteiger partial charge in [0.2, 0.25) is 0 Å². The Kier molecular flexibility index (Phi) is 2.99. The molecule has 3 aromatic rings. The number of benzene rings is 2. The maximum atomic E-state index is 9.36. The maximum Gasteiger partial charge on any atom is 0.0908 e. The summed E-state index contributed by atoms with van der Waals surface area (Å²) in [5.74, 6) is -0.176. The van der Waals surface area contributed by atoms with Crippen molar-refractivity contribution in [3.63, 3.8) is 0 Å². The zero-order chi connectivity index (χ0) is 13.1. The first-order chi connectivity index (χ1) is 9.38. The van der Waals surface area contributed by atoms with Crippen LogP contribution in [-0.2, 0) is 6.54 Å². The predicted octanol–water partition coefficient (Wildman–Crippen LogP) is 3.34. The smallest absolute Gasteiger partial charge is 0.0908 e. The second-order valence-electron chi connectivity index (χ2n) is 4.48. The van der Waals surface area contributed by atoms with Crippen molar-refractivity contribution in [2.24, 2.45) is 0 Å². The molecule has 0 spiro atoms. The number of hydrogen-bond donors (Lipinski definition) is 0. The number of hydrogen-bond acceptors (Lipinski definition) is 2. The van der Waals surface area contributed by atoms with Gasteiger partial charge in [0.1, 0.15) is 0 Å². The van der Waals surface area contributed by atoms with Crippen LogP contribution in [0.1, 0.15) is 11.5 Å². The van der Waals surface area contributed by atoms with Crippen LogP contribution in [0.2, 0.25) is 0 Å². The van der Waals surface area contributed by atoms with Gasteiger partial charge in [-0.2, -0.15) is 10.4 Å². The van der Waals surface area contributed by atoms with Crippen LogP contribution in [0.3, 0.4) is 0 Å². The SMILES string of the molecule is N#CC(Cn1ncc2ccccc21)c1ccccc1. The summed E-state index contributed by atoms with van der Waals surface area (Å²) in [4.78, 5) is 0. The molecule has 0 N–H and O–H groups in total. The Bertz CT molecular complexity index is 722. The summed E-state index contributed by atoms with van der Waals surface area (Å²) in [6, 6.07) is 20.3. The molecular formula is C16H13N3. The molecular weight excluding hydrogens is 234 g/mol. The van der Waals surface area contributed by atoms with Crippen LogP contribution in [0.4, 0.5) is 0 Å². The van der Waals surface area contributed by atoms with E-state index >= 15 is 0 Å². The van der Waals surface area contributed by atoms with Gasteiger partial charge in [-0.3, -0.25) is 4.68 Å². The van der Waals surface area contributed by atoms with Crippen LogP contribution in [0.15, 0.2) is 60.8 Å². The fraction of sp³-hybridized carbons (Fsp3) is 0.125. The molecule has 3 heteroatoms. The summed E-state index contributed by atoms with van der Waals surface area (Å²) in [6.07, 6.45) is 1.84. The third kappa shape index (κ3) is 2.21. The Balaban J connectivity index is 1.94. The molecule has 0 bridgehead atoms. The van der Waals surface area contributed by atoms with E-state index < -0.39 is 0 Å². The molecule has 1 heterocycles. The van der Waals surface area contributed by atoms with Crippen LogP contribution in [-0.4, -0.2) is 9.78 Å². The van der Waals surface area contributed by atoms with Gasteiger partial charge in [0.05, 0.1) is 30.2 Å². The van der Waals surface area contributed by atoms with Crippen molar-refractivity contribution >= 4 is 10.9 Å². The topological polar surface area (TPSA) is 41.6 Å². The Hall–Kier alpha value is -2.60. The lowest BCUT2D eigenvalue weighted by atomic mass is 10.0. The first-order valence-electron chi connectivity index (χ1n) is 6.23. The summed E-state index contributed by atoms with van der Waals surface area (Å²) in [6.45, 7) is 0.577. The highest BCUT2D eigenvalue weighted by Gasteiger charge is 2.12. The lowest BCUT2D eigenvalue weighted by Gasteiger charge is -2.10. The molecule has 0 fully saturated rings. The minimum atomic E-state index is -0.176. The maximum absolute atomic E-state index is 9.36. The van der Waals surface area contributed by atoms with Crippen molar-refractivity contribution in [2.75, 3.05) is 0 Å². The van der Waals surface area contributed by atoms with Crippen molar-refractivity contribution in [2.45, 2.75) is 12.5 Å². The molecule has 0 aliphatic heterocycles. The second kappa shape index (κ2) is 4.95. The van der Waals surface area contributed by atoms with Gasteiger partial charge in [-0.05, 0) is 11.6 Å². The van der Waals surface area contributed by atoms with E-state index in [1.54, 1.807) is 0 Å². The number of para-hydroxylation sites is 1. The van der Waals surface area contributed by atoms with Gasteiger partial charge >= 0.3 is 0 Å². The first-order valence-corrected chi connectivity index (χ1v) is 6.23. The van der Waals surface area contributed by atoms with E-state index in [4.69, 9.17) is 0 Å². The molecule has 3 nitrogen and oxygen atoms in total. The molecule has 1 unspecified atom stereocenters. The van der Waals surface area contributed by atoms with Gasteiger partial charge in [-0.15, -0.1) is 0 Å². The highest BCUT2D eigenvalue weighted by atomic mass is 15.3. The normalized spacial score (nSPS) is 12.2. The van der Waals surface area contributed by atoms with Gasteiger partial charge in [0, 0.05) is 5.39 Å². The second-order valence-corrected chi connectivity index (χ2v) is 4.48. The van der Waals surface area contributed by atoms with Crippen LogP contribution in [0.5, 0.6) is 0 Å². The lowest BCUT2D eigenvalue weighted by Crippen LogP contribution is -2.08. The van der Waals surface area contributed by atoms with Gasteiger partial charge in [-0.1, -0.05) is 48.5 Å². The van der Waals surface area contributed by atoms with E-state index in [0.717, 1.165) is 16.5 Å². The summed E-state index contributed by atoms with van der Waals surface area (Å²) < 4.78 is 1.90. The van der Waals surface area contributed by atoms with Gasteiger partial charge in [-0.25, -0.2) is 0 Å². The lowest BCUT2D eigenvalue weighted by molar-refractivity contribution is 0.597. The number of nitrogens with zero attached hydrogens (tertiary/aromatic N) is 3. The van der Waals surface area contributed by atoms with Crippen LogP contribution >= 0.6 is 0 Å². The highest BCUT2D eigenvalue weighted by Crippen LogP contribution is 2.20. The van der Waals surface area contributed by atoms with Crippen molar-refractivity contribution in [1.82, 2.24) is 9.78 Å². The van der Waals surface area contributed by atoms with E-state index in [-0.39, 0.29) is 5.92 Å². The van der Waals surface area contributed by atoms with Gasteiger partial charge in [0.15, 0.2) is 0 Å². The average molecular weight is 247 g/mol. The van der Waals surface area contributed by atoms with Crippen LogP contribution in [0.25, 0.3) is 10.9 Å². The Morgan fingerprint density at radius 3 is 2.58 bits per heavy atom. The molecule has 2 aromatic carbocycles. The van der Waals surface area contributed by atoms with E-state index in [1.807, 2.05) is 65.5 Å². The average Bonchev–Trinajstić information content (AvgIpc) is 2.89. The summed E-state index contributed by atoms with van der Waals surface area (Å²) >= 11 is 0. The number of aromatic nitrogens is 2. The highest BCUT2D eigenvalue weighted by molar-refractivity contribution is 5.78. The molecule has 0 saturated carbocycles. The van der Waals surface area contributed by atoms with E-state index in [1.165, 1.54) is 0 Å². The minimum absolute atomic E-state index is 0.176. The van der Waals surface area contributed by atoms with E-state index in [2.05, 4.69) is 11.2 Å². The Morgan fingerprint density at radius 2 is 1.79 bits per heavy atom. The van der Waals surface area contributed by atoms with Crippen LogP contribution < -0.4 is 0 Å². The zero-order valence-corrected chi connectivity index (χ0v) is 10.4. The molecule has 19 heavy (non-hydrogen) atoms. The molecule has 0 aliphatic rings. The van der Waals surface area contributed by atoms with Crippen molar-refractivity contribution in [3.8, 4) is 6.07 Å². The third-order valence-corrected chi connectivity index (χ3v) is 3.26. The standard InChI is InChI=1S/C16H13N3/c17-10-15(13-6-2-1-3-7-13)12-19-16-9-5-4-8-14(16)11-18-19/h1-9,11,15H,12H2. The summed E-state index contributed by atoms with van der Waals surface area (Å²) in [5, 5.41) is 14.8. The number of nitriles is 1. The molecule has 92 valence electrons. The quantitative estimate of drug-likeness (QED) is 0.712. The molecule has 0 saturated heterocycles. The van der Waals surface area contributed by atoms with Gasteiger partial charge in [0.25, 0.3) is 0 Å². The van der Waals surface area contributed by atoms with Crippen molar-refractivity contribution in [3.05, 3.63) is 66.4 Å².